The third-order valence-corrected chi connectivity index (χ3v) is 2.43. The molecule has 1 N–H and O–H groups in total. The third-order valence-electron chi connectivity index (χ3n) is 1.50. The molecule has 0 spiro atoms. The fraction of sp³-hybridized carbons (Fsp3) is 0.111. The molecule has 0 amide bonds. The zero-order chi connectivity index (χ0) is 10.6. The van der Waals surface area contributed by atoms with Crippen LogP contribution in [0, 0.1) is 11.6 Å². The summed E-state index contributed by atoms with van der Waals surface area (Å²) in [4.78, 5) is 0. The Morgan fingerprint density at radius 2 is 1.93 bits per heavy atom. The predicted molar refractivity (Wildman–Crippen MR) is 57.5 cm³/mol. The van der Waals surface area contributed by atoms with Crippen LogP contribution in [0.5, 0.6) is 0 Å². The van der Waals surface area contributed by atoms with E-state index in [0.717, 1.165) is 0 Å². The highest BCUT2D eigenvalue weighted by Gasteiger charge is 2.07. The summed E-state index contributed by atoms with van der Waals surface area (Å²) in [7, 11) is 0. The Kier molecular flexibility index (Phi) is 4.35. The number of hydrogen-bond donors (Lipinski definition) is 1. The molecule has 0 radical (unpaired) electrons. The molecule has 1 rings (SSSR count). The first-order chi connectivity index (χ1) is 6.65. The fourth-order valence-electron chi connectivity index (χ4n) is 0.879. The van der Waals surface area contributed by atoms with Gasteiger partial charge in [0, 0.05) is 17.8 Å². The maximum atomic E-state index is 13.0. The van der Waals surface area contributed by atoms with Crippen LogP contribution in [0.3, 0.4) is 0 Å². The standard InChI is InChI=1S/C9H7BrClF2N/c10-9-7(12)4-6(5-8(9)13)14-3-1-2-11/h1-2,4-5,14H,3H2/b2-1+. The van der Waals surface area contributed by atoms with E-state index < -0.39 is 11.6 Å². The Hall–Kier alpha value is -0.610. The second-order valence-electron chi connectivity index (χ2n) is 2.50. The van der Waals surface area contributed by atoms with Crippen LogP contribution in [-0.2, 0) is 0 Å². The lowest BCUT2D eigenvalue weighted by atomic mass is 10.3. The molecule has 14 heavy (non-hydrogen) atoms. The highest BCUT2D eigenvalue weighted by Crippen LogP contribution is 2.23. The summed E-state index contributed by atoms with van der Waals surface area (Å²) >= 11 is 8.06. The van der Waals surface area contributed by atoms with E-state index in [9.17, 15) is 8.78 Å². The van der Waals surface area contributed by atoms with Crippen LogP contribution in [0.25, 0.3) is 0 Å². The summed E-state index contributed by atoms with van der Waals surface area (Å²) in [5.41, 5.74) is 1.71. The van der Waals surface area contributed by atoms with E-state index >= 15 is 0 Å². The van der Waals surface area contributed by atoms with Gasteiger partial charge in [0.25, 0.3) is 0 Å². The van der Waals surface area contributed by atoms with Crippen LogP contribution in [0.1, 0.15) is 0 Å². The summed E-state index contributed by atoms with van der Waals surface area (Å²) in [6, 6.07) is 2.41. The minimum atomic E-state index is -0.637. The van der Waals surface area contributed by atoms with Gasteiger partial charge in [0.05, 0.1) is 4.47 Å². The molecular weight excluding hydrogens is 275 g/mol. The van der Waals surface area contributed by atoms with E-state index in [4.69, 9.17) is 11.6 Å². The summed E-state index contributed by atoms with van der Waals surface area (Å²) in [5.74, 6) is -1.27. The molecule has 0 saturated heterocycles. The van der Waals surface area contributed by atoms with Crippen molar-refractivity contribution < 1.29 is 8.78 Å². The molecule has 0 unspecified atom stereocenters. The molecule has 76 valence electrons. The van der Waals surface area contributed by atoms with Crippen molar-refractivity contribution in [1.29, 1.82) is 0 Å². The van der Waals surface area contributed by atoms with Gasteiger partial charge < -0.3 is 5.32 Å². The highest BCUT2D eigenvalue weighted by atomic mass is 79.9. The number of halogens is 4. The van der Waals surface area contributed by atoms with Crippen molar-refractivity contribution in [3.8, 4) is 0 Å². The van der Waals surface area contributed by atoms with Crippen LogP contribution in [0.2, 0.25) is 0 Å². The average Bonchev–Trinajstić information content (AvgIpc) is 2.14. The topological polar surface area (TPSA) is 12.0 Å². The number of hydrogen-bond acceptors (Lipinski definition) is 1. The second kappa shape index (κ2) is 5.32. The van der Waals surface area contributed by atoms with Crippen molar-refractivity contribution in [1.82, 2.24) is 0 Å². The molecule has 0 bridgehead atoms. The van der Waals surface area contributed by atoms with Crippen molar-refractivity contribution in [3.05, 3.63) is 39.9 Å². The van der Waals surface area contributed by atoms with Crippen molar-refractivity contribution in [2.24, 2.45) is 0 Å². The normalized spacial score (nSPS) is 10.9. The van der Waals surface area contributed by atoms with E-state index in [2.05, 4.69) is 21.2 Å². The minimum Gasteiger partial charge on any atom is -0.381 e. The van der Waals surface area contributed by atoms with Gasteiger partial charge in [-0.15, -0.1) is 0 Å². The largest absolute Gasteiger partial charge is 0.381 e. The predicted octanol–water partition coefficient (Wildman–Crippen LogP) is 3.89. The second-order valence-corrected chi connectivity index (χ2v) is 3.54. The lowest BCUT2D eigenvalue weighted by molar-refractivity contribution is 0.572. The van der Waals surface area contributed by atoms with Gasteiger partial charge in [-0.05, 0) is 28.1 Å². The van der Waals surface area contributed by atoms with E-state index in [1.54, 1.807) is 6.08 Å². The summed E-state index contributed by atoms with van der Waals surface area (Å²) < 4.78 is 25.8. The van der Waals surface area contributed by atoms with E-state index in [1.165, 1.54) is 17.7 Å². The van der Waals surface area contributed by atoms with Crippen molar-refractivity contribution in [2.75, 3.05) is 11.9 Å². The quantitative estimate of drug-likeness (QED) is 0.829. The lowest BCUT2D eigenvalue weighted by Gasteiger charge is -2.04. The van der Waals surface area contributed by atoms with Gasteiger partial charge in [-0.1, -0.05) is 17.7 Å². The van der Waals surface area contributed by atoms with Crippen molar-refractivity contribution >= 4 is 33.2 Å². The highest BCUT2D eigenvalue weighted by molar-refractivity contribution is 9.10. The molecule has 0 aliphatic heterocycles. The molecular formula is C9H7BrClF2N. The Balaban J connectivity index is 2.79. The molecule has 0 saturated carbocycles. The van der Waals surface area contributed by atoms with Gasteiger partial charge in [0.1, 0.15) is 11.6 Å². The van der Waals surface area contributed by atoms with Gasteiger partial charge in [-0.2, -0.15) is 0 Å². The van der Waals surface area contributed by atoms with Gasteiger partial charge in [-0.25, -0.2) is 8.78 Å². The molecule has 1 aromatic carbocycles. The maximum absolute atomic E-state index is 13.0. The van der Waals surface area contributed by atoms with E-state index in [0.29, 0.717) is 12.2 Å². The molecule has 1 aromatic rings. The van der Waals surface area contributed by atoms with Crippen LogP contribution in [0.15, 0.2) is 28.2 Å². The molecule has 0 aromatic heterocycles. The Morgan fingerprint density at radius 1 is 1.36 bits per heavy atom. The monoisotopic (exact) mass is 281 g/mol. The van der Waals surface area contributed by atoms with Gasteiger partial charge in [0.2, 0.25) is 0 Å². The fourth-order valence-corrected chi connectivity index (χ4v) is 1.20. The Morgan fingerprint density at radius 3 is 2.43 bits per heavy atom. The summed E-state index contributed by atoms with van der Waals surface area (Å²) in [6.45, 7) is 0.421. The van der Waals surface area contributed by atoms with E-state index in [1.807, 2.05) is 0 Å². The average molecular weight is 283 g/mol. The van der Waals surface area contributed by atoms with Gasteiger partial charge in [0.15, 0.2) is 0 Å². The number of benzene rings is 1. The first kappa shape index (κ1) is 11.5. The zero-order valence-corrected chi connectivity index (χ0v) is 9.37. The molecule has 0 aliphatic carbocycles. The molecule has 5 heteroatoms. The third kappa shape index (κ3) is 2.96. The minimum absolute atomic E-state index is 0.157. The summed E-state index contributed by atoms with van der Waals surface area (Å²) in [6.07, 6.45) is 1.62. The molecule has 0 fully saturated rings. The first-order valence-corrected chi connectivity index (χ1v) is 5.01. The van der Waals surface area contributed by atoms with Crippen molar-refractivity contribution in [2.45, 2.75) is 0 Å². The van der Waals surface area contributed by atoms with E-state index in [-0.39, 0.29) is 4.47 Å². The zero-order valence-electron chi connectivity index (χ0n) is 7.03. The number of anilines is 1. The number of rotatable bonds is 3. The molecule has 1 nitrogen and oxygen atoms in total. The van der Waals surface area contributed by atoms with Gasteiger partial charge in [-0.3, -0.25) is 0 Å². The SMILES string of the molecule is Fc1cc(NC/C=C/Cl)cc(F)c1Br. The van der Waals surface area contributed by atoms with Crippen LogP contribution in [0.4, 0.5) is 14.5 Å². The van der Waals surface area contributed by atoms with Crippen molar-refractivity contribution in [3.63, 3.8) is 0 Å². The van der Waals surface area contributed by atoms with Gasteiger partial charge >= 0.3 is 0 Å². The molecule has 0 atom stereocenters. The Bertz CT molecular complexity index is 332. The Labute approximate surface area is 93.9 Å². The first-order valence-electron chi connectivity index (χ1n) is 3.79. The maximum Gasteiger partial charge on any atom is 0.142 e. The van der Waals surface area contributed by atoms with Crippen LogP contribution < -0.4 is 5.32 Å². The van der Waals surface area contributed by atoms with Crippen LogP contribution in [-0.4, -0.2) is 6.54 Å². The lowest BCUT2D eigenvalue weighted by Crippen LogP contribution is -1.99. The smallest absolute Gasteiger partial charge is 0.142 e. The number of nitrogens with one attached hydrogen (secondary N) is 1. The molecule has 0 heterocycles. The summed E-state index contributed by atoms with van der Waals surface area (Å²) in [5, 5.41) is 2.78. The molecule has 0 aliphatic rings. The van der Waals surface area contributed by atoms with Crippen LogP contribution >= 0.6 is 27.5 Å².